The summed E-state index contributed by atoms with van der Waals surface area (Å²) in [5.74, 6) is 0.125. The van der Waals surface area contributed by atoms with E-state index in [9.17, 15) is 8.42 Å². The first-order valence-corrected chi connectivity index (χ1v) is 6.96. The van der Waals surface area contributed by atoms with Crippen molar-refractivity contribution in [2.45, 2.75) is 20.3 Å². The number of sulfonamides is 1. The molecule has 2 N–H and O–H groups in total. The van der Waals surface area contributed by atoms with Gasteiger partial charge in [-0.2, -0.15) is 0 Å². The van der Waals surface area contributed by atoms with E-state index in [2.05, 4.69) is 0 Å². The van der Waals surface area contributed by atoms with Crippen LogP contribution in [0.15, 0.2) is 12.1 Å². The van der Waals surface area contributed by atoms with Gasteiger partial charge in [-0.15, -0.1) is 0 Å². The van der Waals surface area contributed by atoms with Gasteiger partial charge in [0.25, 0.3) is 0 Å². The Hall–Kier alpha value is -1.23. The molecule has 0 saturated carbocycles. The quantitative estimate of drug-likeness (QED) is 0.792. The van der Waals surface area contributed by atoms with E-state index < -0.39 is 10.0 Å². The average Bonchev–Trinajstić information content (AvgIpc) is 2.62. The van der Waals surface area contributed by atoms with Gasteiger partial charge in [0.2, 0.25) is 10.0 Å². The van der Waals surface area contributed by atoms with Crippen molar-refractivity contribution in [1.82, 2.24) is 0 Å². The standard InChI is InChI=1S/C11H16N2O2S/c1-3-16(14,15)13-5-4-9-6-8(2)10(12)7-11(9)13/h6-7H,3-5,12H2,1-2H3. The van der Waals surface area contributed by atoms with Crippen molar-refractivity contribution in [3.63, 3.8) is 0 Å². The predicted octanol–water partition coefficient (Wildman–Crippen LogP) is 1.29. The van der Waals surface area contributed by atoms with Gasteiger partial charge in [0.15, 0.2) is 0 Å². The molecule has 0 spiro atoms. The molecule has 4 nitrogen and oxygen atoms in total. The summed E-state index contributed by atoms with van der Waals surface area (Å²) in [6.45, 7) is 4.13. The first-order valence-electron chi connectivity index (χ1n) is 5.35. The number of aryl methyl sites for hydroxylation is 1. The van der Waals surface area contributed by atoms with E-state index in [0.29, 0.717) is 12.2 Å². The number of nitrogen functional groups attached to an aromatic ring is 1. The molecule has 16 heavy (non-hydrogen) atoms. The molecule has 0 atom stereocenters. The van der Waals surface area contributed by atoms with Gasteiger partial charge in [0.05, 0.1) is 11.4 Å². The fourth-order valence-corrected chi connectivity index (χ4v) is 3.14. The second kappa shape index (κ2) is 3.66. The Bertz CT molecular complexity index is 523. The Morgan fingerprint density at radius 2 is 2.12 bits per heavy atom. The van der Waals surface area contributed by atoms with Crippen molar-refractivity contribution in [3.05, 3.63) is 23.3 Å². The van der Waals surface area contributed by atoms with E-state index in [-0.39, 0.29) is 5.75 Å². The van der Waals surface area contributed by atoms with Gasteiger partial charge in [-0.25, -0.2) is 8.42 Å². The molecule has 2 rings (SSSR count). The number of fused-ring (bicyclic) bond motifs is 1. The van der Waals surface area contributed by atoms with Crippen molar-refractivity contribution < 1.29 is 8.42 Å². The molecule has 1 aliphatic rings. The molecule has 0 aromatic heterocycles. The maximum Gasteiger partial charge on any atom is 0.234 e. The fraction of sp³-hybridized carbons (Fsp3) is 0.455. The third kappa shape index (κ3) is 1.65. The zero-order valence-corrected chi connectivity index (χ0v) is 10.3. The molecule has 0 saturated heterocycles. The fourth-order valence-electron chi connectivity index (χ4n) is 1.99. The summed E-state index contributed by atoms with van der Waals surface area (Å²) in [6, 6.07) is 3.75. The molecule has 5 heteroatoms. The van der Waals surface area contributed by atoms with Gasteiger partial charge in [-0.1, -0.05) is 6.07 Å². The lowest BCUT2D eigenvalue weighted by Gasteiger charge is -2.19. The van der Waals surface area contributed by atoms with Crippen LogP contribution in [0.1, 0.15) is 18.1 Å². The minimum atomic E-state index is -3.16. The first kappa shape index (κ1) is 11.3. The summed E-state index contributed by atoms with van der Waals surface area (Å²) < 4.78 is 25.2. The number of hydrogen-bond acceptors (Lipinski definition) is 3. The molecule has 0 amide bonds. The number of hydrogen-bond donors (Lipinski definition) is 1. The lowest BCUT2D eigenvalue weighted by molar-refractivity contribution is 0.593. The highest BCUT2D eigenvalue weighted by Gasteiger charge is 2.28. The van der Waals surface area contributed by atoms with E-state index >= 15 is 0 Å². The maximum atomic E-state index is 11.8. The summed E-state index contributed by atoms with van der Waals surface area (Å²) in [5, 5.41) is 0. The molecule has 0 aliphatic carbocycles. The zero-order valence-electron chi connectivity index (χ0n) is 9.53. The van der Waals surface area contributed by atoms with Gasteiger partial charge >= 0.3 is 0 Å². The molecule has 0 fully saturated rings. The minimum Gasteiger partial charge on any atom is -0.398 e. The Balaban J connectivity index is 2.52. The van der Waals surface area contributed by atoms with Crippen LogP contribution < -0.4 is 10.0 Å². The van der Waals surface area contributed by atoms with Crippen LogP contribution >= 0.6 is 0 Å². The normalized spacial score (nSPS) is 15.2. The van der Waals surface area contributed by atoms with Crippen molar-refractivity contribution in [3.8, 4) is 0 Å². The molecule has 0 unspecified atom stereocenters. The molecular weight excluding hydrogens is 224 g/mol. The number of anilines is 2. The van der Waals surface area contributed by atoms with Crippen LogP contribution in [0.2, 0.25) is 0 Å². The van der Waals surface area contributed by atoms with E-state index in [4.69, 9.17) is 5.73 Å². The minimum absolute atomic E-state index is 0.125. The average molecular weight is 240 g/mol. The Morgan fingerprint density at radius 1 is 1.44 bits per heavy atom. The van der Waals surface area contributed by atoms with E-state index in [1.165, 1.54) is 4.31 Å². The zero-order chi connectivity index (χ0) is 11.9. The monoisotopic (exact) mass is 240 g/mol. The van der Waals surface area contributed by atoms with Crippen LogP contribution in [0.3, 0.4) is 0 Å². The van der Waals surface area contributed by atoms with Crippen LogP contribution in [0.25, 0.3) is 0 Å². The first-order chi connectivity index (χ1) is 7.45. The predicted molar refractivity (Wildman–Crippen MR) is 66.1 cm³/mol. The number of rotatable bonds is 2. The van der Waals surface area contributed by atoms with Gasteiger partial charge < -0.3 is 5.73 Å². The third-order valence-corrected chi connectivity index (χ3v) is 4.80. The number of nitrogens with two attached hydrogens (primary N) is 1. The second-order valence-electron chi connectivity index (χ2n) is 4.06. The Labute approximate surface area is 96.1 Å². The molecule has 1 aromatic rings. The summed E-state index contributed by atoms with van der Waals surface area (Å²) in [5.41, 5.74) is 9.30. The van der Waals surface area contributed by atoms with Crippen molar-refractivity contribution in [2.24, 2.45) is 0 Å². The highest BCUT2D eigenvalue weighted by molar-refractivity contribution is 7.92. The van der Waals surface area contributed by atoms with E-state index in [0.717, 1.165) is 23.2 Å². The second-order valence-corrected chi connectivity index (χ2v) is 6.24. The largest absolute Gasteiger partial charge is 0.398 e. The van der Waals surface area contributed by atoms with Crippen LogP contribution in [0.4, 0.5) is 11.4 Å². The van der Waals surface area contributed by atoms with Gasteiger partial charge in [0.1, 0.15) is 0 Å². The van der Waals surface area contributed by atoms with Crippen molar-refractivity contribution in [2.75, 3.05) is 22.3 Å². The third-order valence-electron chi connectivity index (χ3n) is 3.02. The van der Waals surface area contributed by atoms with E-state index in [1.54, 1.807) is 13.0 Å². The Kier molecular flexibility index (Phi) is 2.58. The lowest BCUT2D eigenvalue weighted by Crippen LogP contribution is -2.30. The van der Waals surface area contributed by atoms with Crippen molar-refractivity contribution >= 4 is 21.4 Å². The smallest absolute Gasteiger partial charge is 0.234 e. The van der Waals surface area contributed by atoms with Gasteiger partial charge in [0, 0.05) is 12.2 Å². The highest BCUT2D eigenvalue weighted by Crippen LogP contribution is 2.33. The SMILES string of the molecule is CCS(=O)(=O)N1CCc2cc(C)c(N)cc21. The molecule has 1 heterocycles. The van der Waals surface area contributed by atoms with Crippen LogP contribution in [0.5, 0.6) is 0 Å². The molecule has 0 bridgehead atoms. The molecule has 1 aliphatic heterocycles. The summed E-state index contributed by atoms with van der Waals surface area (Å²) in [7, 11) is -3.16. The molecule has 0 radical (unpaired) electrons. The number of benzene rings is 1. The topological polar surface area (TPSA) is 63.4 Å². The summed E-state index contributed by atoms with van der Waals surface area (Å²) in [6.07, 6.45) is 0.773. The van der Waals surface area contributed by atoms with Crippen LogP contribution in [-0.4, -0.2) is 20.7 Å². The van der Waals surface area contributed by atoms with E-state index in [1.807, 2.05) is 13.0 Å². The summed E-state index contributed by atoms with van der Waals surface area (Å²) in [4.78, 5) is 0. The molecule has 88 valence electrons. The maximum absolute atomic E-state index is 11.8. The molecule has 1 aromatic carbocycles. The lowest BCUT2D eigenvalue weighted by atomic mass is 10.1. The molecular formula is C11H16N2O2S. The summed E-state index contributed by atoms with van der Waals surface area (Å²) >= 11 is 0. The number of nitrogens with zero attached hydrogens (tertiary/aromatic N) is 1. The van der Waals surface area contributed by atoms with Crippen LogP contribution in [-0.2, 0) is 16.4 Å². The highest BCUT2D eigenvalue weighted by atomic mass is 32.2. The van der Waals surface area contributed by atoms with Gasteiger partial charge in [-0.05, 0) is 37.5 Å². The van der Waals surface area contributed by atoms with Gasteiger partial charge in [-0.3, -0.25) is 4.31 Å². The van der Waals surface area contributed by atoms with Crippen LogP contribution in [0, 0.1) is 6.92 Å². The Morgan fingerprint density at radius 3 is 2.75 bits per heavy atom. The van der Waals surface area contributed by atoms with Crippen molar-refractivity contribution in [1.29, 1.82) is 0 Å².